The molecule has 2 aromatic rings. The minimum absolute atomic E-state index is 0.217. The van der Waals surface area contributed by atoms with Gasteiger partial charge in [0.15, 0.2) is 0 Å². The Morgan fingerprint density at radius 2 is 1.64 bits per heavy atom. The standard InChI is InChI=1S/C24H25F/c1-6-8-23(21-10-7-9-18(4)15-21)24(17(2)3)16-19(5)20-11-13-22(25)14-12-20/h6-16H,1H2,2-5H3/b19-16+,23-8-. The fourth-order valence-corrected chi connectivity index (χ4v) is 2.78. The first-order valence-electron chi connectivity index (χ1n) is 8.44. The molecule has 1 heteroatoms. The molecule has 0 amide bonds. The number of hydrogen-bond donors (Lipinski definition) is 0. The van der Waals surface area contributed by atoms with Crippen molar-refractivity contribution >= 4 is 11.1 Å². The van der Waals surface area contributed by atoms with Gasteiger partial charge in [-0.2, -0.15) is 0 Å². The Morgan fingerprint density at radius 3 is 2.20 bits per heavy atom. The maximum atomic E-state index is 13.2. The van der Waals surface area contributed by atoms with Crippen LogP contribution in [-0.2, 0) is 0 Å². The van der Waals surface area contributed by atoms with Gasteiger partial charge >= 0.3 is 0 Å². The van der Waals surface area contributed by atoms with Crippen molar-refractivity contribution < 1.29 is 4.39 Å². The van der Waals surface area contributed by atoms with Crippen LogP contribution in [0.2, 0.25) is 0 Å². The smallest absolute Gasteiger partial charge is 0.123 e. The van der Waals surface area contributed by atoms with Gasteiger partial charge in [0.1, 0.15) is 5.82 Å². The molecule has 2 rings (SSSR count). The lowest BCUT2D eigenvalue weighted by atomic mass is 9.91. The van der Waals surface area contributed by atoms with E-state index >= 15 is 0 Å². The highest BCUT2D eigenvalue weighted by Crippen LogP contribution is 2.30. The zero-order valence-electron chi connectivity index (χ0n) is 15.4. The van der Waals surface area contributed by atoms with Crippen LogP contribution in [0.4, 0.5) is 4.39 Å². The van der Waals surface area contributed by atoms with Crippen molar-refractivity contribution in [2.45, 2.75) is 27.7 Å². The number of hydrogen-bond acceptors (Lipinski definition) is 0. The fourth-order valence-electron chi connectivity index (χ4n) is 2.78. The minimum Gasteiger partial charge on any atom is -0.207 e. The van der Waals surface area contributed by atoms with Crippen molar-refractivity contribution in [3.63, 3.8) is 0 Å². The zero-order valence-corrected chi connectivity index (χ0v) is 15.4. The summed E-state index contributed by atoms with van der Waals surface area (Å²) in [5, 5.41) is 0. The van der Waals surface area contributed by atoms with Crippen LogP contribution in [0.3, 0.4) is 0 Å². The molecular weight excluding hydrogens is 307 g/mol. The van der Waals surface area contributed by atoms with Gasteiger partial charge < -0.3 is 0 Å². The van der Waals surface area contributed by atoms with Gasteiger partial charge in [0.05, 0.1) is 0 Å². The Hall–Kier alpha value is -2.67. The summed E-state index contributed by atoms with van der Waals surface area (Å²) < 4.78 is 13.2. The fraction of sp³-hybridized carbons (Fsp3) is 0.167. The van der Waals surface area contributed by atoms with E-state index in [-0.39, 0.29) is 5.82 Å². The number of rotatable bonds is 5. The summed E-state index contributed by atoms with van der Waals surface area (Å²) in [5.41, 5.74) is 8.02. The predicted octanol–water partition coefficient (Wildman–Crippen LogP) is 7.14. The number of benzene rings is 2. The second-order valence-electron chi connectivity index (χ2n) is 6.43. The van der Waals surface area contributed by atoms with Gasteiger partial charge in [0.25, 0.3) is 0 Å². The van der Waals surface area contributed by atoms with E-state index in [0.717, 1.165) is 22.3 Å². The third-order valence-corrected chi connectivity index (χ3v) is 4.10. The third kappa shape index (κ3) is 4.90. The molecule has 0 spiro atoms. The van der Waals surface area contributed by atoms with Crippen molar-refractivity contribution in [3.05, 3.63) is 107 Å². The van der Waals surface area contributed by atoms with Crippen LogP contribution in [0.5, 0.6) is 0 Å². The van der Waals surface area contributed by atoms with E-state index in [1.807, 2.05) is 24.3 Å². The van der Waals surface area contributed by atoms with Crippen molar-refractivity contribution in [3.8, 4) is 0 Å². The van der Waals surface area contributed by atoms with Crippen LogP contribution in [0.25, 0.3) is 11.1 Å². The summed E-state index contributed by atoms with van der Waals surface area (Å²) in [7, 11) is 0. The average Bonchev–Trinajstić information content (AvgIpc) is 2.58. The molecule has 0 saturated heterocycles. The van der Waals surface area contributed by atoms with Crippen LogP contribution in [-0.4, -0.2) is 0 Å². The van der Waals surface area contributed by atoms with Crippen LogP contribution < -0.4 is 0 Å². The monoisotopic (exact) mass is 332 g/mol. The normalized spacial score (nSPS) is 12.0. The number of aryl methyl sites for hydroxylation is 1. The van der Waals surface area contributed by atoms with Gasteiger partial charge in [-0.3, -0.25) is 0 Å². The Morgan fingerprint density at radius 1 is 0.960 bits per heavy atom. The molecular formula is C24H25F. The average molecular weight is 332 g/mol. The summed E-state index contributed by atoms with van der Waals surface area (Å²) in [6.07, 6.45) is 6.04. The van der Waals surface area contributed by atoms with Gasteiger partial charge in [-0.15, -0.1) is 0 Å². The number of halogens is 1. The summed E-state index contributed by atoms with van der Waals surface area (Å²) in [6, 6.07) is 15.1. The van der Waals surface area contributed by atoms with Gasteiger partial charge in [-0.25, -0.2) is 4.39 Å². The molecule has 128 valence electrons. The van der Waals surface area contributed by atoms with Crippen LogP contribution in [0.1, 0.15) is 37.5 Å². The molecule has 0 atom stereocenters. The summed E-state index contributed by atoms with van der Waals surface area (Å²) in [6.45, 7) is 12.2. The third-order valence-electron chi connectivity index (χ3n) is 4.10. The van der Waals surface area contributed by atoms with Crippen LogP contribution in [0.15, 0.2) is 84.5 Å². The minimum atomic E-state index is -0.217. The molecule has 0 heterocycles. The maximum Gasteiger partial charge on any atom is 0.123 e. The van der Waals surface area contributed by atoms with Gasteiger partial charge in [-0.1, -0.05) is 72.3 Å². The van der Waals surface area contributed by atoms with E-state index in [9.17, 15) is 4.39 Å². The highest BCUT2D eigenvalue weighted by atomic mass is 19.1. The van der Waals surface area contributed by atoms with E-state index in [1.165, 1.54) is 28.8 Å². The van der Waals surface area contributed by atoms with Gasteiger partial charge in [-0.05, 0) is 67.7 Å². The second kappa shape index (κ2) is 8.43. The Bertz CT molecular complexity index is 842. The lowest BCUT2D eigenvalue weighted by Gasteiger charge is -2.14. The molecule has 0 aliphatic heterocycles. The quantitative estimate of drug-likeness (QED) is 0.510. The molecule has 0 nitrogen and oxygen atoms in total. The molecule has 0 radical (unpaired) electrons. The second-order valence-corrected chi connectivity index (χ2v) is 6.43. The maximum absolute atomic E-state index is 13.2. The highest BCUT2D eigenvalue weighted by molar-refractivity contribution is 5.86. The molecule has 25 heavy (non-hydrogen) atoms. The first-order valence-corrected chi connectivity index (χ1v) is 8.44. The van der Waals surface area contributed by atoms with Crippen molar-refractivity contribution in [1.82, 2.24) is 0 Å². The van der Waals surface area contributed by atoms with Crippen LogP contribution in [0, 0.1) is 12.7 Å². The van der Waals surface area contributed by atoms with E-state index in [1.54, 1.807) is 0 Å². The first kappa shape index (κ1) is 18.7. The molecule has 0 aliphatic carbocycles. The summed E-state index contributed by atoms with van der Waals surface area (Å²) in [5.74, 6) is -0.217. The van der Waals surface area contributed by atoms with E-state index in [4.69, 9.17) is 0 Å². The van der Waals surface area contributed by atoms with Gasteiger partial charge in [0, 0.05) is 0 Å². The van der Waals surface area contributed by atoms with Crippen LogP contribution >= 0.6 is 0 Å². The Labute approximate surface area is 150 Å². The first-order chi connectivity index (χ1) is 11.9. The summed E-state index contributed by atoms with van der Waals surface area (Å²) >= 11 is 0. The van der Waals surface area contributed by atoms with E-state index in [0.29, 0.717) is 0 Å². The molecule has 2 aromatic carbocycles. The molecule has 0 saturated carbocycles. The SMILES string of the molecule is C=C/C=C(\C(/C=C(\C)c1ccc(F)cc1)=C(C)C)c1cccc(C)c1. The van der Waals surface area contributed by atoms with Crippen molar-refractivity contribution in [1.29, 1.82) is 0 Å². The highest BCUT2D eigenvalue weighted by Gasteiger charge is 2.09. The van der Waals surface area contributed by atoms with Crippen molar-refractivity contribution in [2.75, 3.05) is 0 Å². The number of allylic oxidation sites excluding steroid dienone is 7. The molecule has 0 N–H and O–H groups in total. The van der Waals surface area contributed by atoms with E-state index < -0.39 is 0 Å². The zero-order chi connectivity index (χ0) is 18.4. The molecule has 0 aromatic heterocycles. The van der Waals surface area contributed by atoms with E-state index in [2.05, 4.69) is 64.6 Å². The predicted molar refractivity (Wildman–Crippen MR) is 108 cm³/mol. The molecule has 0 bridgehead atoms. The largest absolute Gasteiger partial charge is 0.207 e. The molecule has 0 aliphatic rings. The summed E-state index contributed by atoms with van der Waals surface area (Å²) in [4.78, 5) is 0. The lowest BCUT2D eigenvalue weighted by Crippen LogP contribution is -1.93. The topological polar surface area (TPSA) is 0 Å². The Kier molecular flexibility index (Phi) is 6.30. The lowest BCUT2D eigenvalue weighted by molar-refractivity contribution is 0.627. The molecule has 0 fully saturated rings. The van der Waals surface area contributed by atoms with Gasteiger partial charge in [0.2, 0.25) is 0 Å². The van der Waals surface area contributed by atoms with Crippen molar-refractivity contribution in [2.24, 2.45) is 0 Å². The molecule has 0 unspecified atom stereocenters. The Balaban J connectivity index is 2.54.